The molecule has 0 aliphatic heterocycles. The molecule has 0 heterocycles. The fourth-order valence-corrected chi connectivity index (χ4v) is 3.24. The Hall–Kier alpha value is -3.80. The monoisotopic (exact) mass is 416 g/mol. The zero-order valence-electron chi connectivity index (χ0n) is 18.1. The molecule has 1 atom stereocenters. The molecule has 0 aromatic heterocycles. The highest BCUT2D eigenvalue weighted by atomic mass is 16.2. The van der Waals surface area contributed by atoms with Crippen LogP contribution in [0.3, 0.4) is 0 Å². The molecule has 1 unspecified atom stereocenters. The van der Waals surface area contributed by atoms with Gasteiger partial charge in [0.05, 0.1) is 11.6 Å². The molecule has 0 saturated carbocycles. The van der Waals surface area contributed by atoms with Crippen LogP contribution in [-0.4, -0.2) is 26.0 Å². The van der Waals surface area contributed by atoms with Crippen LogP contribution in [-0.2, 0) is 6.54 Å². The molecule has 0 saturated heterocycles. The lowest BCUT2D eigenvalue weighted by atomic mass is 10.1. The first-order chi connectivity index (χ1) is 14.9. The van der Waals surface area contributed by atoms with Crippen molar-refractivity contribution in [3.8, 4) is 0 Å². The zero-order chi connectivity index (χ0) is 22.2. The zero-order valence-corrected chi connectivity index (χ0v) is 18.1. The summed E-state index contributed by atoms with van der Waals surface area (Å²) in [5, 5.41) is 8.68. The minimum atomic E-state index is -0.328. The molecular formula is C25H28N4O2. The number of carbonyl (C=O) groups excluding carboxylic acids is 2. The number of urea groups is 1. The van der Waals surface area contributed by atoms with E-state index in [9.17, 15) is 9.59 Å². The van der Waals surface area contributed by atoms with Gasteiger partial charge in [-0.15, -0.1) is 0 Å². The molecule has 3 rings (SSSR count). The second-order valence-electron chi connectivity index (χ2n) is 7.53. The Bertz CT molecular complexity index is 1020. The largest absolute Gasteiger partial charge is 0.377 e. The molecule has 0 spiro atoms. The SMILES string of the molecule is CC(NC(=O)c1cc(NC(=O)NCc2ccccc2)ccc1N(C)C)c1ccccc1. The Morgan fingerprint density at radius 3 is 2.19 bits per heavy atom. The van der Waals surface area contributed by atoms with E-state index in [1.165, 1.54) is 0 Å². The summed E-state index contributed by atoms with van der Waals surface area (Å²) in [6.45, 7) is 2.37. The third-order valence-corrected chi connectivity index (χ3v) is 4.92. The summed E-state index contributed by atoms with van der Waals surface area (Å²) in [7, 11) is 3.76. The highest BCUT2D eigenvalue weighted by Gasteiger charge is 2.17. The van der Waals surface area contributed by atoms with Crippen LogP contribution in [0.25, 0.3) is 0 Å². The summed E-state index contributed by atoms with van der Waals surface area (Å²) in [6, 6.07) is 24.3. The molecule has 0 aliphatic carbocycles. The van der Waals surface area contributed by atoms with Crippen molar-refractivity contribution in [2.24, 2.45) is 0 Å². The van der Waals surface area contributed by atoms with Crippen molar-refractivity contribution in [2.75, 3.05) is 24.3 Å². The summed E-state index contributed by atoms with van der Waals surface area (Å²) in [6.07, 6.45) is 0. The molecule has 0 aliphatic rings. The van der Waals surface area contributed by atoms with E-state index in [1.807, 2.05) is 92.6 Å². The maximum Gasteiger partial charge on any atom is 0.319 e. The fraction of sp³-hybridized carbons (Fsp3) is 0.200. The van der Waals surface area contributed by atoms with Gasteiger partial charge in [-0.05, 0) is 36.2 Å². The summed E-state index contributed by atoms with van der Waals surface area (Å²) in [5.41, 5.74) is 3.85. The molecule has 3 aromatic carbocycles. The van der Waals surface area contributed by atoms with Gasteiger partial charge >= 0.3 is 6.03 Å². The van der Waals surface area contributed by atoms with Gasteiger partial charge in [0.1, 0.15) is 0 Å². The van der Waals surface area contributed by atoms with Crippen molar-refractivity contribution in [3.05, 3.63) is 95.6 Å². The second-order valence-corrected chi connectivity index (χ2v) is 7.53. The molecule has 3 N–H and O–H groups in total. The van der Waals surface area contributed by atoms with Gasteiger partial charge in [-0.2, -0.15) is 0 Å². The van der Waals surface area contributed by atoms with Crippen LogP contribution in [0, 0.1) is 0 Å². The number of hydrogen-bond acceptors (Lipinski definition) is 3. The number of nitrogens with zero attached hydrogens (tertiary/aromatic N) is 1. The predicted octanol–water partition coefficient (Wildman–Crippen LogP) is 4.57. The first-order valence-corrected chi connectivity index (χ1v) is 10.2. The normalized spacial score (nSPS) is 11.3. The summed E-state index contributed by atoms with van der Waals surface area (Å²) in [4.78, 5) is 27.2. The first-order valence-electron chi connectivity index (χ1n) is 10.2. The van der Waals surface area contributed by atoms with Crippen molar-refractivity contribution in [3.63, 3.8) is 0 Å². The van der Waals surface area contributed by atoms with E-state index in [2.05, 4.69) is 16.0 Å². The quantitative estimate of drug-likeness (QED) is 0.528. The van der Waals surface area contributed by atoms with Crippen LogP contribution in [0.5, 0.6) is 0 Å². The Morgan fingerprint density at radius 1 is 0.903 bits per heavy atom. The van der Waals surface area contributed by atoms with E-state index in [0.29, 0.717) is 17.8 Å². The lowest BCUT2D eigenvalue weighted by Crippen LogP contribution is -2.30. The van der Waals surface area contributed by atoms with Gasteiger partial charge in [0.15, 0.2) is 0 Å². The lowest BCUT2D eigenvalue weighted by molar-refractivity contribution is 0.0940. The summed E-state index contributed by atoms with van der Waals surface area (Å²) >= 11 is 0. The van der Waals surface area contributed by atoms with E-state index in [-0.39, 0.29) is 18.0 Å². The van der Waals surface area contributed by atoms with Crippen molar-refractivity contribution in [1.29, 1.82) is 0 Å². The third-order valence-electron chi connectivity index (χ3n) is 4.92. The van der Waals surface area contributed by atoms with Gasteiger partial charge in [-0.1, -0.05) is 60.7 Å². The smallest absolute Gasteiger partial charge is 0.319 e. The van der Waals surface area contributed by atoms with E-state index >= 15 is 0 Å². The highest BCUT2D eigenvalue weighted by Crippen LogP contribution is 2.24. The van der Waals surface area contributed by atoms with Crippen molar-refractivity contribution in [1.82, 2.24) is 10.6 Å². The van der Waals surface area contributed by atoms with Crippen LogP contribution in [0.1, 0.15) is 34.5 Å². The molecular weight excluding hydrogens is 388 g/mol. The van der Waals surface area contributed by atoms with E-state index in [4.69, 9.17) is 0 Å². The van der Waals surface area contributed by atoms with Gasteiger partial charge < -0.3 is 20.9 Å². The van der Waals surface area contributed by atoms with Gasteiger partial charge in [-0.25, -0.2) is 4.79 Å². The molecule has 0 fully saturated rings. The standard InChI is InChI=1S/C25H28N4O2/c1-18(20-12-8-5-9-13-20)27-24(30)22-16-21(14-15-23(22)29(2)3)28-25(31)26-17-19-10-6-4-7-11-19/h4-16,18H,17H2,1-3H3,(H,27,30)(H2,26,28,31). The van der Waals surface area contributed by atoms with Crippen molar-refractivity contribution in [2.45, 2.75) is 19.5 Å². The van der Waals surface area contributed by atoms with Gasteiger partial charge in [0.25, 0.3) is 5.91 Å². The summed E-state index contributed by atoms with van der Waals surface area (Å²) < 4.78 is 0. The number of carbonyl (C=O) groups is 2. The van der Waals surface area contributed by atoms with E-state index < -0.39 is 0 Å². The Morgan fingerprint density at radius 2 is 1.55 bits per heavy atom. The van der Waals surface area contributed by atoms with Crippen molar-refractivity contribution < 1.29 is 9.59 Å². The molecule has 6 heteroatoms. The van der Waals surface area contributed by atoms with Crippen LogP contribution in [0.4, 0.5) is 16.2 Å². The average molecular weight is 417 g/mol. The molecule has 6 nitrogen and oxygen atoms in total. The maximum absolute atomic E-state index is 13.0. The third kappa shape index (κ3) is 6.09. The number of anilines is 2. The van der Waals surface area contributed by atoms with E-state index in [1.54, 1.807) is 12.1 Å². The number of amides is 3. The second kappa shape index (κ2) is 10.3. The maximum atomic E-state index is 13.0. The number of hydrogen-bond donors (Lipinski definition) is 3. The minimum Gasteiger partial charge on any atom is -0.377 e. The molecule has 160 valence electrons. The van der Waals surface area contributed by atoms with Crippen LogP contribution in [0.15, 0.2) is 78.9 Å². The molecule has 31 heavy (non-hydrogen) atoms. The van der Waals surface area contributed by atoms with Gasteiger partial charge in [0.2, 0.25) is 0 Å². The number of rotatable bonds is 7. The van der Waals surface area contributed by atoms with E-state index in [0.717, 1.165) is 16.8 Å². The Kier molecular flexibility index (Phi) is 7.27. The first kappa shape index (κ1) is 21.9. The number of benzene rings is 3. The van der Waals surface area contributed by atoms with Crippen LogP contribution >= 0.6 is 0 Å². The predicted molar refractivity (Wildman–Crippen MR) is 125 cm³/mol. The van der Waals surface area contributed by atoms with Crippen LogP contribution in [0.2, 0.25) is 0 Å². The number of nitrogens with one attached hydrogen (secondary N) is 3. The minimum absolute atomic E-state index is 0.144. The van der Waals surface area contributed by atoms with Gasteiger partial charge in [0, 0.05) is 32.0 Å². The molecule has 3 amide bonds. The Labute approximate surface area is 183 Å². The molecule has 3 aromatic rings. The summed E-state index contributed by atoms with van der Waals surface area (Å²) in [5.74, 6) is -0.201. The molecule has 0 bridgehead atoms. The highest BCUT2D eigenvalue weighted by molar-refractivity contribution is 6.02. The van der Waals surface area contributed by atoms with Crippen molar-refractivity contribution >= 4 is 23.3 Å². The topological polar surface area (TPSA) is 73.5 Å². The lowest BCUT2D eigenvalue weighted by Gasteiger charge is -2.20. The van der Waals surface area contributed by atoms with Gasteiger partial charge in [-0.3, -0.25) is 4.79 Å². The Balaban J connectivity index is 1.71. The fourth-order valence-electron chi connectivity index (χ4n) is 3.24. The molecule has 0 radical (unpaired) electrons. The van der Waals surface area contributed by atoms with Crippen LogP contribution < -0.4 is 20.9 Å². The average Bonchev–Trinajstić information content (AvgIpc) is 2.78.